The number of thiophene rings is 1. The molecule has 1 aliphatic carbocycles. The molecule has 3 aromatic rings. The van der Waals surface area contributed by atoms with Crippen LogP contribution in [0.25, 0.3) is 21.5 Å². The molecule has 46 heavy (non-hydrogen) atoms. The number of hydrogen-bond acceptors (Lipinski definition) is 7. The summed E-state index contributed by atoms with van der Waals surface area (Å²) in [4.78, 5) is 38.1. The molecule has 4 heterocycles. The molecular formula is C36H52N6O3S. The third-order valence-corrected chi connectivity index (χ3v) is 11.9. The van der Waals surface area contributed by atoms with Crippen LogP contribution >= 0.6 is 11.3 Å². The van der Waals surface area contributed by atoms with Crippen LogP contribution in [-0.4, -0.2) is 108 Å². The molecule has 0 radical (unpaired) electrons. The zero-order chi connectivity index (χ0) is 32.6. The Morgan fingerprint density at radius 2 is 1.76 bits per heavy atom. The van der Waals surface area contributed by atoms with E-state index in [4.69, 9.17) is 5.73 Å². The van der Waals surface area contributed by atoms with Crippen LogP contribution < -0.4 is 11.1 Å². The van der Waals surface area contributed by atoms with Crippen LogP contribution in [0, 0.1) is 19.8 Å². The number of aromatic amines is 1. The molecule has 2 saturated heterocycles. The Kier molecular flexibility index (Phi) is 9.92. The minimum Gasteiger partial charge on any atom is -0.390 e. The first kappa shape index (κ1) is 33.2. The fourth-order valence-electron chi connectivity index (χ4n) is 7.86. The minimum absolute atomic E-state index is 0.0835. The number of H-pyrrole nitrogens is 1. The van der Waals surface area contributed by atoms with Gasteiger partial charge in [0.15, 0.2) is 0 Å². The number of nitrogens with two attached hydrogens (primary N) is 1. The van der Waals surface area contributed by atoms with Gasteiger partial charge >= 0.3 is 0 Å². The van der Waals surface area contributed by atoms with Crippen molar-refractivity contribution in [3.63, 3.8) is 0 Å². The van der Waals surface area contributed by atoms with E-state index in [2.05, 4.69) is 77.0 Å². The number of amides is 2. The quantitative estimate of drug-likeness (QED) is 0.238. The largest absolute Gasteiger partial charge is 0.390 e. The van der Waals surface area contributed by atoms with Crippen molar-refractivity contribution < 1.29 is 14.7 Å². The Balaban J connectivity index is 1.18. The molecule has 9 nitrogen and oxygen atoms in total. The van der Waals surface area contributed by atoms with Gasteiger partial charge in [-0.15, -0.1) is 11.3 Å². The van der Waals surface area contributed by atoms with Crippen LogP contribution in [0.2, 0.25) is 0 Å². The molecule has 1 aromatic carbocycles. The number of hydrogen-bond donors (Lipinski definition) is 4. The number of β-amino-alcohol motifs (C(OH)–C–C–N with tert-alkyl or cyclic N) is 1. The highest BCUT2D eigenvalue weighted by Crippen LogP contribution is 2.44. The van der Waals surface area contributed by atoms with Crippen LogP contribution in [0.5, 0.6) is 0 Å². The van der Waals surface area contributed by atoms with E-state index in [-0.39, 0.29) is 12.5 Å². The van der Waals surface area contributed by atoms with Gasteiger partial charge in [-0.05, 0) is 95.0 Å². The Morgan fingerprint density at radius 1 is 1.04 bits per heavy atom. The van der Waals surface area contributed by atoms with E-state index in [1.807, 2.05) is 0 Å². The summed E-state index contributed by atoms with van der Waals surface area (Å²) in [7, 11) is 0. The van der Waals surface area contributed by atoms with E-state index >= 15 is 0 Å². The Labute approximate surface area is 277 Å². The fraction of sp³-hybridized carbons (Fsp3) is 0.611. The maximum Gasteiger partial charge on any atom is 0.233 e. The molecule has 0 spiro atoms. The summed E-state index contributed by atoms with van der Waals surface area (Å²) in [6.45, 7) is 15.1. The number of carbonyl (C=O) groups is 2. The lowest BCUT2D eigenvalue weighted by Crippen LogP contribution is -2.57. The normalized spacial score (nSPS) is 21.7. The number of primary amides is 1. The van der Waals surface area contributed by atoms with Gasteiger partial charge in [0.05, 0.1) is 23.8 Å². The van der Waals surface area contributed by atoms with E-state index in [1.165, 1.54) is 46.2 Å². The average Bonchev–Trinajstić information content (AvgIpc) is 3.55. The van der Waals surface area contributed by atoms with Gasteiger partial charge < -0.3 is 30.9 Å². The number of piperidine rings is 1. The van der Waals surface area contributed by atoms with Crippen LogP contribution in [-0.2, 0) is 21.4 Å². The van der Waals surface area contributed by atoms with Crippen molar-refractivity contribution in [3.05, 3.63) is 45.8 Å². The molecule has 5 N–H and O–H groups in total. The lowest BCUT2D eigenvalue weighted by Gasteiger charge is -2.50. The van der Waals surface area contributed by atoms with Gasteiger partial charge in [0.25, 0.3) is 0 Å². The first-order valence-electron chi connectivity index (χ1n) is 17.2. The molecule has 250 valence electrons. The molecule has 0 bridgehead atoms. The topological polar surface area (TPSA) is 118 Å². The van der Waals surface area contributed by atoms with Gasteiger partial charge in [0, 0.05) is 68.7 Å². The molecule has 3 atom stereocenters. The number of aryl methyl sites for hydroxylation is 2. The van der Waals surface area contributed by atoms with Crippen molar-refractivity contribution in [2.75, 3.05) is 58.9 Å². The second-order valence-corrected chi connectivity index (χ2v) is 15.6. The zero-order valence-electron chi connectivity index (χ0n) is 28.0. The fourth-order valence-corrected chi connectivity index (χ4v) is 9.04. The van der Waals surface area contributed by atoms with Gasteiger partial charge in [-0.2, -0.15) is 0 Å². The third kappa shape index (κ3) is 7.06. The van der Waals surface area contributed by atoms with Crippen LogP contribution in [0.4, 0.5) is 0 Å². The monoisotopic (exact) mass is 648 g/mol. The van der Waals surface area contributed by atoms with Gasteiger partial charge in [-0.3, -0.25) is 14.5 Å². The summed E-state index contributed by atoms with van der Waals surface area (Å²) < 4.78 is 0. The third-order valence-electron chi connectivity index (χ3n) is 10.6. The maximum absolute atomic E-state index is 14.0. The highest BCUT2D eigenvalue weighted by Gasteiger charge is 2.45. The van der Waals surface area contributed by atoms with Gasteiger partial charge in [0.1, 0.15) is 4.83 Å². The van der Waals surface area contributed by atoms with Crippen molar-refractivity contribution in [3.8, 4) is 11.3 Å². The van der Waals surface area contributed by atoms with Gasteiger partial charge in [0.2, 0.25) is 11.8 Å². The number of nitrogens with one attached hydrogen (secondary N) is 2. The average molecular weight is 649 g/mol. The summed E-state index contributed by atoms with van der Waals surface area (Å²) >= 11 is 1.75. The van der Waals surface area contributed by atoms with E-state index in [0.717, 1.165) is 68.2 Å². The molecule has 3 aliphatic rings. The number of likely N-dealkylation sites (tertiary alicyclic amines) is 1. The van der Waals surface area contributed by atoms with Crippen LogP contribution in [0.3, 0.4) is 0 Å². The van der Waals surface area contributed by atoms with Gasteiger partial charge in [-0.1, -0.05) is 17.2 Å². The summed E-state index contributed by atoms with van der Waals surface area (Å²) in [6.07, 6.45) is 5.21. The minimum atomic E-state index is -0.560. The van der Waals surface area contributed by atoms with Crippen molar-refractivity contribution in [1.29, 1.82) is 0 Å². The smallest absolute Gasteiger partial charge is 0.233 e. The van der Waals surface area contributed by atoms with Crippen molar-refractivity contribution in [2.24, 2.45) is 11.7 Å². The second-order valence-electron chi connectivity index (χ2n) is 14.5. The SMILES string of the molecule is Cc1cc(C)cc(-c2[nH]c3sc(C(C)(C)C(=O)N4CCCC5CCC54)cc3c2CCN2CCN(CC(O)CNCC(N)=O)CC2)c1. The second kappa shape index (κ2) is 13.8. The predicted octanol–water partition coefficient (Wildman–Crippen LogP) is 3.79. The highest BCUT2D eigenvalue weighted by atomic mass is 32.1. The number of aliphatic hydroxyl groups is 1. The number of aromatic nitrogens is 1. The number of nitrogens with zero attached hydrogens (tertiary/aromatic N) is 3. The van der Waals surface area contributed by atoms with Gasteiger partial charge in [-0.25, -0.2) is 0 Å². The van der Waals surface area contributed by atoms with E-state index < -0.39 is 17.4 Å². The summed E-state index contributed by atoms with van der Waals surface area (Å²) in [6, 6.07) is 9.52. The first-order chi connectivity index (χ1) is 22.0. The molecule has 2 amide bonds. The summed E-state index contributed by atoms with van der Waals surface area (Å²) in [5, 5.41) is 14.6. The number of fused-ring (bicyclic) bond motifs is 2. The number of benzene rings is 1. The van der Waals surface area contributed by atoms with Crippen LogP contribution in [0.1, 0.15) is 61.1 Å². The molecule has 3 unspecified atom stereocenters. The number of aliphatic hydroxyl groups excluding tert-OH is 1. The molecule has 3 fully saturated rings. The van der Waals surface area contributed by atoms with Crippen LogP contribution in [0.15, 0.2) is 24.3 Å². The molecule has 1 saturated carbocycles. The Bertz CT molecular complexity index is 1530. The molecule has 10 heteroatoms. The Morgan fingerprint density at radius 3 is 2.43 bits per heavy atom. The molecule has 2 aliphatic heterocycles. The lowest BCUT2D eigenvalue weighted by atomic mass is 9.72. The first-order valence-corrected chi connectivity index (χ1v) is 18.0. The van der Waals surface area contributed by atoms with Crippen molar-refractivity contribution in [2.45, 2.75) is 77.4 Å². The predicted molar refractivity (Wildman–Crippen MR) is 186 cm³/mol. The highest BCUT2D eigenvalue weighted by molar-refractivity contribution is 7.19. The van der Waals surface area contributed by atoms with E-state index in [0.29, 0.717) is 25.0 Å². The number of carbonyl (C=O) groups excluding carboxylic acids is 2. The molecular weight excluding hydrogens is 597 g/mol. The van der Waals surface area contributed by atoms with Crippen molar-refractivity contribution >= 4 is 33.4 Å². The van der Waals surface area contributed by atoms with E-state index in [9.17, 15) is 14.7 Å². The maximum atomic E-state index is 14.0. The van der Waals surface area contributed by atoms with E-state index in [1.54, 1.807) is 11.3 Å². The Hall–Kier alpha value is -2.76. The molecule has 6 rings (SSSR count). The summed E-state index contributed by atoms with van der Waals surface area (Å²) in [5.41, 5.74) is 10.9. The number of piperazine rings is 1. The van der Waals surface area contributed by atoms with Crippen molar-refractivity contribution in [1.82, 2.24) is 25.0 Å². The molecule has 2 aromatic heterocycles. The number of rotatable bonds is 12. The summed E-state index contributed by atoms with van der Waals surface area (Å²) in [5.74, 6) is 0.574. The standard InChI is InChI=1S/C36H52N6O3S/c1-23-16-24(2)18-26(17-23)33-28(9-11-40-12-14-41(15-13-40)22-27(43)20-38-21-32(37)44)29-19-31(46-34(29)39-33)36(3,4)35(45)42-10-5-6-25-7-8-30(25)42/h16-19,25,27,30,38-39,43H,5-15,20-22H2,1-4H3,(H2,37,44). The zero-order valence-corrected chi connectivity index (χ0v) is 28.8. The lowest BCUT2D eigenvalue weighted by molar-refractivity contribution is -0.145.